The predicted molar refractivity (Wildman–Crippen MR) is 127 cm³/mol. The summed E-state index contributed by atoms with van der Waals surface area (Å²) in [6.07, 6.45) is 6.31. The summed E-state index contributed by atoms with van der Waals surface area (Å²) in [4.78, 5) is 28.7. The first-order valence-corrected chi connectivity index (χ1v) is 11.5. The number of carbonyl (C=O) groups is 1. The molecule has 0 radical (unpaired) electrons. The Kier molecular flexibility index (Phi) is 6.58. The molecule has 172 valence electrons. The average Bonchev–Trinajstić information content (AvgIpc) is 2.83. The summed E-state index contributed by atoms with van der Waals surface area (Å²) in [5, 5.41) is 26.3. The van der Waals surface area contributed by atoms with Crippen LogP contribution in [0.2, 0.25) is 0 Å². The van der Waals surface area contributed by atoms with Crippen molar-refractivity contribution in [3.63, 3.8) is 0 Å². The number of non-ortho nitro benzene ring substituents is 1. The Bertz CT molecular complexity index is 1170. The predicted octanol–water partition coefficient (Wildman–Crippen LogP) is 5.76. The highest BCUT2D eigenvalue weighted by Gasteiger charge is 2.29. The van der Waals surface area contributed by atoms with Crippen LogP contribution in [0.3, 0.4) is 0 Å². The van der Waals surface area contributed by atoms with E-state index in [0.717, 1.165) is 43.2 Å². The topological polar surface area (TPSA) is 105 Å². The number of rotatable bonds is 6. The smallest absolute Gasteiger partial charge is 0.279 e. The van der Waals surface area contributed by atoms with Gasteiger partial charge in [-0.3, -0.25) is 19.9 Å². The van der Waals surface area contributed by atoms with Crippen LogP contribution >= 0.6 is 0 Å². The molecule has 7 nitrogen and oxygen atoms in total. The van der Waals surface area contributed by atoms with Crippen molar-refractivity contribution in [1.29, 1.82) is 0 Å². The number of nitro benzene ring substituents is 1. The standard InChI is InChI=1S/C26H29N3O4/c1-16(2)17-10-12-18(13-11-17)23(28-26(31)19-7-4-3-5-8-19)21-15-22(29(32)33)20-9-6-14-27-24(20)25(21)30/h6,9-16,19,23,30H,3-5,7-8H2,1-2H3,(H,28,31)/t23-/m0/s1. The third-order valence-corrected chi connectivity index (χ3v) is 6.58. The number of hydrogen-bond acceptors (Lipinski definition) is 5. The molecule has 1 fully saturated rings. The van der Waals surface area contributed by atoms with Crippen LogP contribution in [0.1, 0.15) is 74.6 Å². The van der Waals surface area contributed by atoms with E-state index in [9.17, 15) is 20.0 Å². The molecule has 1 heterocycles. The quantitative estimate of drug-likeness (QED) is 0.369. The lowest BCUT2D eigenvalue weighted by molar-refractivity contribution is -0.383. The molecule has 0 bridgehead atoms. The zero-order valence-corrected chi connectivity index (χ0v) is 19.0. The summed E-state index contributed by atoms with van der Waals surface area (Å²) in [7, 11) is 0. The van der Waals surface area contributed by atoms with Gasteiger partial charge in [-0.2, -0.15) is 0 Å². The molecule has 2 aromatic carbocycles. The molecule has 1 amide bonds. The summed E-state index contributed by atoms with van der Waals surface area (Å²) in [5.74, 6) is 0.00877. The van der Waals surface area contributed by atoms with Crippen molar-refractivity contribution in [2.75, 3.05) is 0 Å². The number of nitro groups is 1. The minimum Gasteiger partial charge on any atom is -0.505 e. The number of aromatic nitrogens is 1. The molecule has 1 atom stereocenters. The number of fused-ring (bicyclic) bond motifs is 1. The lowest BCUT2D eigenvalue weighted by Gasteiger charge is -2.26. The van der Waals surface area contributed by atoms with E-state index >= 15 is 0 Å². The molecule has 1 aromatic heterocycles. The summed E-state index contributed by atoms with van der Waals surface area (Å²) < 4.78 is 0. The fourth-order valence-corrected chi connectivity index (χ4v) is 4.64. The SMILES string of the molecule is CC(C)c1ccc([C@H](NC(=O)C2CCCCC2)c2cc([N+](=O)[O-])c3cccnc3c2O)cc1. The molecule has 0 aliphatic heterocycles. The minimum atomic E-state index is -0.731. The zero-order valence-electron chi connectivity index (χ0n) is 19.0. The molecular weight excluding hydrogens is 418 g/mol. The summed E-state index contributed by atoms with van der Waals surface area (Å²) in [5.41, 5.74) is 2.17. The van der Waals surface area contributed by atoms with Gasteiger partial charge in [0, 0.05) is 23.7 Å². The normalized spacial score (nSPS) is 15.5. The lowest BCUT2D eigenvalue weighted by Crippen LogP contribution is -2.35. The van der Waals surface area contributed by atoms with Crippen molar-refractivity contribution in [3.05, 3.63) is 75.5 Å². The summed E-state index contributed by atoms with van der Waals surface area (Å²) in [6, 6.07) is 11.6. The van der Waals surface area contributed by atoms with Crippen molar-refractivity contribution < 1.29 is 14.8 Å². The average molecular weight is 448 g/mol. The highest BCUT2D eigenvalue weighted by Crippen LogP contribution is 2.40. The van der Waals surface area contributed by atoms with Gasteiger partial charge in [0.05, 0.1) is 16.4 Å². The second kappa shape index (κ2) is 9.57. The van der Waals surface area contributed by atoms with E-state index in [-0.39, 0.29) is 39.7 Å². The van der Waals surface area contributed by atoms with Gasteiger partial charge < -0.3 is 10.4 Å². The van der Waals surface area contributed by atoms with Crippen LogP contribution in [-0.4, -0.2) is 20.9 Å². The molecular formula is C26H29N3O4. The molecule has 7 heteroatoms. The number of nitrogens with zero attached hydrogens (tertiary/aromatic N) is 2. The number of aromatic hydroxyl groups is 1. The zero-order chi connectivity index (χ0) is 23.5. The molecule has 0 saturated heterocycles. The second-order valence-corrected chi connectivity index (χ2v) is 9.09. The fraction of sp³-hybridized carbons (Fsp3) is 0.385. The number of phenolic OH excluding ortho intramolecular Hbond substituents is 1. The molecule has 4 rings (SSSR count). The summed E-state index contributed by atoms with van der Waals surface area (Å²) >= 11 is 0. The monoisotopic (exact) mass is 447 g/mol. The minimum absolute atomic E-state index is 0.0872. The van der Waals surface area contributed by atoms with Gasteiger partial charge in [0.1, 0.15) is 11.3 Å². The Labute approximate surface area is 193 Å². The van der Waals surface area contributed by atoms with Crippen LogP contribution in [0.4, 0.5) is 5.69 Å². The van der Waals surface area contributed by atoms with E-state index in [1.54, 1.807) is 12.1 Å². The van der Waals surface area contributed by atoms with Gasteiger partial charge in [-0.05, 0) is 42.0 Å². The number of benzene rings is 2. The van der Waals surface area contributed by atoms with E-state index in [1.807, 2.05) is 24.3 Å². The summed E-state index contributed by atoms with van der Waals surface area (Å²) in [6.45, 7) is 4.20. The lowest BCUT2D eigenvalue weighted by atomic mass is 9.87. The molecule has 0 spiro atoms. The molecule has 1 aliphatic carbocycles. The number of amides is 1. The molecule has 1 saturated carbocycles. The Morgan fingerprint density at radius 3 is 2.42 bits per heavy atom. The maximum absolute atomic E-state index is 13.2. The van der Waals surface area contributed by atoms with E-state index < -0.39 is 11.0 Å². The van der Waals surface area contributed by atoms with Crippen LogP contribution in [0, 0.1) is 16.0 Å². The van der Waals surface area contributed by atoms with Gasteiger partial charge in [-0.15, -0.1) is 0 Å². The maximum atomic E-state index is 13.2. The molecule has 1 aliphatic rings. The Hall–Kier alpha value is -3.48. The number of phenols is 1. The van der Waals surface area contributed by atoms with Crippen LogP contribution in [0.15, 0.2) is 48.7 Å². The first-order valence-electron chi connectivity index (χ1n) is 11.5. The van der Waals surface area contributed by atoms with Crippen molar-refractivity contribution >= 4 is 22.5 Å². The number of pyridine rings is 1. The van der Waals surface area contributed by atoms with Gasteiger partial charge in [-0.1, -0.05) is 57.4 Å². The van der Waals surface area contributed by atoms with Gasteiger partial charge in [0.2, 0.25) is 5.91 Å². The second-order valence-electron chi connectivity index (χ2n) is 9.09. The maximum Gasteiger partial charge on any atom is 0.279 e. The van der Waals surface area contributed by atoms with Crippen LogP contribution in [-0.2, 0) is 4.79 Å². The van der Waals surface area contributed by atoms with Crippen LogP contribution < -0.4 is 5.32 Å². The highest BCUT2D eigenvalue weighted by molar-refractivity contribution is 5.94. The van der Waals surface area contributed by atoms with Crippen molar-refractivity contribution in [2.45, 2.75) is 57.9 Å². The van der Waals surface area contributed by atoms with Gasteiger partial charge in [0.15, 0.2) is 0 Å². The van der Waals surface area contributed by atoms with Gasteiger partial charge in [0.25, 0.3) is 5.69 Å². The van der Waals surface area contributed by atoms with Gasteiger partial charge in [-0.25, -0.2) is 0 Å². The van der Waals surface area contributed by atoms with E-state index in [0.29, 0.717) is 5.92 Å². The Balaban J connectivity index is 1.83. The van der Waals surface area contributed by atoms with Crippen LogP contribution in [0.5, 0.6) is 5.75 Å². The van der Waals surface area contributed by atoms with Gasteiger partial charge >= 0.3 is 0 Å². The number of hydrogen-bond donors (Lipinski definition) is 2. The van der Waals surface area contributed by atoms with E-state index in [1.165, 1.54) is 12.3 Å². The number of nitrogens with one attached hydrogen (secondary N) is 1. The van der Waals surface area contributed by atoms with Crippen LogP contribution in [0.25, 0.3) is 10.9 Å². The molecule has 3 aromatic rings. The van der Waals surface area contributed by atoms with Crippen molar-refractivity contribution in [2.24, 2.45) is 5.92 Å². The third-order valence-electron chi connectivity index (χ3n) is 6.58. The highest BCUT2D eigenvalue weighted by atomic mass is 16.6. The van der Waals surface area contributed by atoms with E-state index in [4.69, 9.17) is 0 Å². The Morgan fingerprint density at radius 1 is 1.12 bits per heavy atom. The largest absolute Gasteiger partial charge is 0.505 e. The molecule has 0 unspecified atom stereocenters. The molecule has 2 N–H and O–H groups in total. The van der Waals surface area contributed by atoms with Crippen molar-refractivity contribution in [3.8, 4) is 5.75 Å². The first kappa shape index (κ1) is 22.7. The fourth-order valence-electron chi connectivity index (χ4n) is 4.64. The number of carbonyl (C=O) groups excluding carboxylic acids is 1. The van der Waals surface area contributed by atoms with Crippen molar-refractivity contribution in [1.82, 2.24) is 10.3 Å². The molecule has 33 heavy (non-hydrogen) atoms. The van der Waals surface area contributed by atoms with E-state index in [2.05, 4.69) is 24.1 Å². The first-order chi connectivity index (χ1) is 15.9. The Morgan fingerprint density at radius 2 is 1.79 bits per heavy atom. The third kappa shape index (κ3) is 4.67.